The Kier molecular flexibility index (Phi) is 6.30. The van der Waals surface area contributed by atoms with Gasteiger partial charge in [0.25, 0.3) is 0 Å². The van der Waals surface area contributed by atoms with Gasteiger partial charge in [-0.05, 0) is 67.2 Å². The highest BCUT2D eigenvalue weighted by molar-refractivity contribution is 7.80. The second-order valence-corrected chi connectivity index (χ2v) is 8.37. The van der Waals surface area contributed by atoms with Gasteiger partial charge in [0, 0.05) is 43.1 Å². The summed E-state index contributed by atoms with van der Waals surface area (Å²) in [6.07, 6.45) is 8.55. The molecular weight excluding hydrogens is 428 g/mol. The van der Waals surface area contributed by atoms with E-state index in [9.17, 15) is 0 Å². The van der Waals surface area contributed by atoms with Crippen molar-refractivity contribution in [3.05, 3.63) is 109 Å². The highest BCUT2D eigenvalue weighted by Crippen LogP contribution is 2.39. The molecule has 2 unspecified atom stereocenters. The minimum absolute atomic E-state index is 0.0133. The zero-order chi connectivity index (χ0) is 22.5. The number of anilines is 1. The molecule has 0 bridgehead atoms. The number of nitrogens with zero attached hydrogens (tertiary/aromatic N) is 4. The highest BCUT2D eigenvalue weighted by Gasteiger charge is 2.40. The molecule has 3 aromatic heterocycles. The first kappa shape index (κ1) is 21.2. The fraction of sp³-hybridized carbons (Fsp3) is 0.192. The molecule has 1 aliphatic rings. The summed E-state index contributed by atoms with van der Waals surface area (Å²) >= 11 is 5.82. The molecule has 4 heterocycles. The smallest absolute Gasteiger partial charge is 0.170 e. The lowest BCUT2D eigenvalue weighted by Gasteiger charge is -2.29. The Bertz CT molecular complexity index is 1180. The van der Waals surface area contributed by atoms with Crippen LogP contribution in [0.15, 0.2) is 97.6 Å². The maximum atomic E-state index is 5.82. The van der Waals surface area contributed by atoms with Crippen LogP contribution < -0.4 is 10.6 Å². The summed E-state index contributed by atoms with van der Waals surface area (Å²) in [7, 11) is 0. The molecule has 4 aromatic rings. The normalized spacial score (nSPS) is 17.7. The van der Waals surface area contributed by atoms with E-state index in [4.69, 9.17) is 12.2 Å². The molecule has 0 amide bonds. The number of para-hydroxylation sites is 1. The van der Waals surface area contributed by atoms with E-state index >= 15 is 0 Å². The fourth-order valence-corrected chi connectivity index (χ4v) is 4.70. The van der Waals surface area contributed by atoms with Gasteiger partial charge < -0.3 is 20.1 Å². The van der Waals surface area contributed by atoms with Crippen LogP contribution in [-0.4, -0.2) is 37.6 Å². The second kappa shape index (κ2) is 9.83. The number of rotatable bonds is 8. The van der Waals surface area contributed by atoms with Gasteiger partial charge in [0.15, 0.2) is 5.11 Å². The summed E-state index contributed by atoms with van der Waals surface area (Å²) < 4.78 is 2.19. The van der Waals surface area contributed by atoms with Crippen LogP contribution in [0, 0.1) is 0 Å². The van der Waals surface area contributed by atoms with Gasteiger partial charge >= 0.3 is 0 Å². The number of pyridine rings is 2. The Labute approximate surface area is 199 Å². The van der Waals surface area contributed by atoms with Crippen molar-refractivity contribution in [2.75, 3.05) is 18.4 Å². The van der Waals surface area contributed by atoms with Crippen molar-refractivity contribution in [2.45, 2.75) is 18.5 Å². The van der Waals surface area contributed by atoms with Crippen LogP contribution >= 0.6 is 12.2 Å². The second-order valence-electron chi connectivity index (χ2n) is 7.98. The van der Waals surface area contributed by atoms with Gasteiger partial charge in [0.05, 0.1) is 29.7 Å². The van der Waals surface area contributed by atoms with Gasteiger partial charge in [0.1, 0.15) is 0 Å². The van der Waals surface area contributed by atoms with E-state index in [2.05, 4.69) is 72.7 Å². The van der Waals surface area contributed by atoms with Gasteiger partial charge in [-0.3, -0.25) is 9.97 Å². The fourth-order valence-electron chi connectivity index (χ4n) is 4.37. The minimum atomic E-state index is -0.0360. The van der Waals surface area contributed by atoms with E-state index < -0.39 is 0 Å². The summed E-state index contributed by atoms with van der Waals surface area (Å²) in [6.45, 7) is 1.70. The zero-order valence-corrected chi connectivity index (χ0v) is 19.0. The van der Waals surface area contributed by atoms with E-state index in [0.29, 0.717) is 0 Å². The van der Waals surface area contributed by atoms with Crippen LogP contribution in [0.4, 0.5) is 5.69 Å². The first-order chi connectivity index (χ1) is 16.3. The average molecular weight is 455 g/mol. The molecule has 2 atom stereocenters. The van der Waals surface area contributed by atoms with Gasteiger partial charge in [0.2, 0.25) is 0 Å². The highest BCUT2D eigenvalue weighted by atomic mass is 32.1. The van der Waals surface area contributed by atoms with E-state index in [1.807, 2.05) is 48.8 Å². The van der Waals surface area contributed by atoms with Crippen LogP contribution in [0.3, 0.4) is 0 Å². The predicted octanol–water partition coefficient (Wildman–Crippen LogP) is 4.74. The largest absolute Gasteiger partial charge is 0.385 e. The summed E-state index contributed by atoms with van der Waals surface area (Å²) in [5.74, 6) is 0. The first-order valence-corrected chi connectivity index (χ1v) is 11.6. The number of hydrogen-bond acceptors (Lipinski definition) is 4. The van der Waals surface area contributed by atoms with Crippen LogP contribution in [0.2, 0.25) is 0 Å². The molecule has 0 saturated carbocycles. The Morgan fingerprint density at radius 2 is 1.82 bits per heavy atom. The third-order valence-corrected chi connectivity index (χ3v) is 6.24. The van der Waals surface area contributed by atoms with E-state index in [1.54, 1.807) is 6.20 Å². The third-order valence-electron chi connectivity index (χ3n) is 5.88. The van der Waals surface area contributed by atoms with Gasteiger partial charge in [-0.25, -0.2) is 0 Å². The quantitative estimate of drug-likeness (QED) is 0.296. The van der Waals surface area contributed by atoms with Gasteiger partial charge in [-0.15, -0.1) is 0 Å². The van der Waals surface area contributed by atoms with Crippen molar-refractivity contribution < 1.29 is 0 Å². The lowest BCUT2D eigenvalue weighted by Crippen LogP contribution is -2.32. The van der Waals surface area contributed by atoms with Crippen molar-refractivity contribution >= 4 is 23.0 Å². The maximum absolute atomic E-state index is 5.82. The molecule has 5 rings (SSSR count). The van der Waals surface area contributed by atoms with Gasteiger partial charge in [-0.1, -0.05) is 24.3 Å². The Morgan fingerprint density at radius 3 is 2.61 bits per heavy atom. The molecule has 166 valence electrons. The van der Waals surface area contributed by atoms with Crippen LogP contribution in [0.5, 0.6) is 0 Å². The predicted molar refractivity (Wildman–Crippen MR) is 135 cm³/mol. The number of aromatic nitrogens is 3. The van der Waals surface area contributed by atoms with Crippen LogP contribution in [0.1, 0.15) is 29.9 Å². The van der Waals surface area contributed by atoms with Crippen LogP contribution in [0.25, 0.3) is 5.69 Å². The Morgan fingerprint density at radius 1 is 0.939 bits per heavy atom. The van der Waals surface area contributed by atoms with E-state index in [-0.39, 0.29) is 12.1 Å². The molecule has 7 heteroatoms. The average Bonchev–Trinajstić information content (AvgIpc) is 3.48. The molecule has 0 aliphatic carbocycles. The standard InChI is InChI=1S/C26H26N6S/c33-26-30-24(22-12-4-5-15-29-22)25(23-13-7-17-31(23)21-11-6-14-27-19-21)32(26)18-8-16-28-20-9-2-1-3-10-20/h1-7,9-15,17,19,24-25,28H,8,16,18H2,(H,30,33). The Hall–Kier alpha value is -3.71. The monoisotopic (exact) mass is 454 g/mol. The minimum Gasteiger partial charge on any atom is -0.385 e. The van der Waals surface area contributed by atoms with Crippen molar-refractivity contribution in [1.29, 1.82) is 0 Å². The maximum Gasteiger partial charge on any atom is 0.170 e. The molecule has 0 radical (unpaired) electrons. The number of hydrogen-bond donors (Lipinski definition) is 2. The number of nitrogens with one attached hydrogen (secondary N) is 2. The van der Waals surface area contributed by atoms with Crippen molar-refractivity contribution in [3.8, 4) is 5.69 Å². The SMILES string of the molecule is S=C1NC(c2ccccn2)C(c2cccn2-c2cccnc2)N1CCCNc1ccccc1. The molecule has 2 N–H and O–H groups in total. The lowest BCUT2D eigenvalue weighted by atomic mass is 10.0. The summed E-state index contributed by atoms with van der Waals surface area (Å²) in [4.78, 5) is 11.3. The van der Waals surface area contributed by atoms with E-state index in [0.717, 1.165) is 47.4 Å². The number of thiocarbonyl (C=S) groups is 1. The number of benzene rings is 1. The molecule has 1 fully saturated rings. The zero-order valence-electron chi connectivity index (χ0n) is 18.2. The van der Waals surface area contributed by atoms with Gasteiger partial charge in [-0.2, -0.15) is 0 Å². The Balaban J connectivity index is 1.41. The van der Waals surface area contributed by atoms with E-state index in [1.165, 1.54) is 0 Å². The summed E-state index contributed by atoms with van der Waals surface area (Å²) in [6, 6.07) is 24.6. The molecule has 33 heavy (non-hydrogen) atoms. The molecule has 6 nitrogen and oxygen atoms in total. The van der Waals surface area contributed by atoms with Crippen molar-refractivity contribution in [1.82, 2.24) is 24.8 Å². The summed E-state index contributed by atoms with van der Waals surface area (Å²) in [5, 5.41) is 7.80. The van der Waals surface area contributed by atoms with Crippen LogP contribution in [-0.2, 0) is 0 Å². The topological polar surface area (TPSA) is 58.0 Å². The van der Waals surface area contributed by atoms with Crippen molar-refractivity contribution in [2.24, 2.45) is 0 Å². The summed E-state index contributed by atoms with van der Waals surface area (Å²) in [5.41, 5.74) is 4.30. The molecular formula is C26H26N6S. The molecule has 1 aliphatic heterocycles. The van der Waals surface area contributed by atoms with Crippen molar-refractivity contribution in [3.63, 3.8) is 0 Å². The third kappa shape index (κ3) is 4.59. The molecule has 1 aromatic carbocycles. The molecule has 0 spiro atoms. The molecule has 1 saturated heterocycles. The lowest BCUT2D eigenvalue weighted by molar-refractivity contribution is 0.307. The first-order valence-electron chi connectivity index (χ1n) is 11.2.